The lowest BCUT2D eigenvalue weighted by molar-refractivity contribution is -0.122. The van der Waals surface area contributed by atoms with Gasteiger partial charge in [0.1, 0.15) is 5.52 Å². The Kier molecular flexibility index (Phi) is 5.24. The zero-order valence-corrected chi connectivity index (χ0v) is 21.0. The highest BCUT2D eigenvalue weighted by atomic mass is 16.1. The van der Waals surface area contributed by atoms with Crippen LogP contribution in [0.1, 0.15) is 46.2 Å². The summed E-state index contributed by atoms with van der Waals surface area (Å²) in [6.45, 7) is 8.50. The first-order valence-electron chi connectivity index (χ1n) is 12.7. The third kappa shape index (κ3) is 3.61. The van der Waals surface area contributed by atoms with E-state index >= 15 is 0 Å². The summed E-state index contributed by atoms with van der Waals surface area (Å²) >= 11 is 0. The van der Waals surface area contributed by atoms with E-state index in [1.165, 1.54) is 0 Å². The fourth-order valence-corrected chi connectivity index (χ4v) is 5.88. The number of aromatic nitrogens is 5. The lowest BCUT2D eigenvalue weighted by Gasteiger charge is -2.28. The molecule has 4 aromatic rings. The van der Waals surface area contributed by atoms with Crippen molar-refractivity contribution in [2.75, 3.05) is 10.6 Å². The van der Waals surface area contributed by atoms with Crippen LogP contribution in [0.2, 0.25) is 0 Å². The molecule has 36 heavy (non-hydrogen) atoms. The summed E-state index contributed by atoms with van der Waals surface area (Å²) in [5.74, 6) is 1.15. The summed E-state index contributed by atoms with van der Waals surface area (Å²) in [5, 5.41) is 12.6. The van der Waals surface area contributed by atoms with Gasteiger partial charge in [0.05, 0.1) is 23.1 Å². The number of rotatable bonds is 7. The third-order valence-corrected chi connectivity index (χ3v) is 7.55. The van der Waals surface area contributed by atoms with Crippen molar-refractivity contribution in [2.24, 2.45) is 23.5 Å². The van der Waals surface area contributed by atoms with Crippen LogP contribution in [0, 0.1) is 17.8 Å². The molecule has 0 saturated heterocycles. The van der Waals surface area contributed by atoms with Crippen molar-refractivity contribution in [1.29, 1.82) is 0 Å². The fraction of sp³-hybridized carbons (Fsp3) is 0.407. The molecule has 0 unspecified atom stereocenters. The molecule has 1 aromatic carbocycles. The largest absolute Gasteiger partial charge is 0.369 e. The molecule has 2 aliphatic carbocycles. The van der Waals surface area contributed by atoms with Gasteiger partial charge in [0.25, 0.3) is 0 Å². The first-order valence-corrected chi connectivity index (χ1v) is 12.7. The predicted molar refractivity (Wildman–Crippen MR) is 142 cm³/mol. The predicted octanol–water partition coefficient (Wildman–Crippen LogP) is 4.77. The third-order valence-electron chi connectivity index (χ3n) is 7.55. The zero-order valence-electron chi connectivity index (χ0n) is 21.0. The summed E-state index contributed by atoms with van der Waals surface area (Å²) < 4.78 is 4.17. The quantitative estimate of drug-likeness (QED) is 0.325. The SMILES string of the molecule is CC(C)n1ccc2nc(Nc3ccc4cnn(C(C)C)c4c3)nc(N[C@H]3[C@@H](C(N)=O)[C@@H]4C=C[C@H]3C4)c21. The fourth-order valence-electron chi connectivity index (χ4n) is 5.88. The molecule has 0 radical (unpaired) electrons. The number of hydrogen-bond donors (Lipinski definition) is 3. The molecule has 3 aromatic heterocycles. The molecule has 186 valence electrons. The Morgan fingerprint density at radius 2 is 1.89 bits per heavy atom. The molecule has 4 N–H and O–H groups in total. The van der Waals surface area contributed by atoms with Crippen molar-refractivity contribution in [3.05, 3.63) is 48.8 Å². The lowest BCUT2D eigenvalue weighted by Crippen LogP contribution is -2.41. The molecular formula is C27H32N8O. The number of allylic oxidation sites excluding steroid dienone is 1. The van der Waals surface area contributed by atoms with Gasteiger partial charge >= 0.3 is 0 Å². The van der Waals surface area contributed by atoms with Crippen molar-refractivity contribution in [1.82, 2.24) is 24.3 Å². The van der Waals surface area contributed by atoms with Crippen LogP contribution in [0.4, 0.5) is 17.5 Å². The van der Waals surface area contributed by atoms with Crippen molar-refractivity contribution in [3.8, 4) is 0 Å². The van der Waals surface area contributed by atoms with E-state index in [1.807, 2.05) is 29.2 Å². The van der Waals surface area contributed by atoms with Crippen LogP contribution in [-0.2, 0) is 4.79 Å². The highest BCUT2D eigenvalue weighted by Crippen LogP contribution is 2.45. The number of amides is 1. The van der Waals surface area contributed by atoms with Gasteiger partial charge in [-0.25, -0.2) is 4.98 Å². The number of carbonyl (C=O) groups is 1. The van der Waals surface area contributed by atoms with Gasteiger partial charge in [-0.1, -0.05) is 12.2 Å². The molecule has 9 nitrogen and oxygen atoms in total. The minimum absolute atomic E-state index is 0.0873. The summed E-state index contributed by atoms with van der Waals surface area (Å²) in [7, 11) is 0. The normalized spacial score (nSPS) is 22.9. The minimum atomic E-state index is -0.262. The lowest BCUT2D eigenvalue weighted by atomic mass is 9.88. The van der Waals surface area contributed by atoms with Crippen molar-refractivity contribution in [3.63, 3.8) is 0 Å². The van der Waals surface area contributed by atoms with E-state index in [0.717, 1.165) is 34.0 Å². The van der Waals surface area contributed by atoms with Gasteiger partial charge in [0.2, 0.25) is 11.9 Å². The van der Waals surface area contributed by atoms with Crippen LogP contribution in [0.15, 0.2) is 48.8 Å². The van der Waals surface area contributed by atoms with Gasteiger partial charge in [-0.3, -0.25) is 9.48 Å². The van der Waals surface area contributed by atoms with E-state index in [4.69, 9.17) is 15.7 Å². The van der Waals surface area contributed by atoms with Crippen LogP contribution in [0.3, 0.4) is 0 Å². The topological polar surface area (TPSA) is 116 Å². The molecule has 0 spiro atoms. The first-order chi connectivity index (χ1) is 17.3. The average Bonchev–Trinajstić information content (AvgIpc) is 3.60. The summed E-state index contributed by atoms with van der Waals surface area (Å²) in [4.78, 5) is 22.1. The maximum Gasteiger partial charge on any atom is 0.229 e. The Balaban J connectivity index is 1.40. The van der Waals surface area contributed by atoms with Crippen LogP contribution in [-0.4, -0.2) is 36.3 Å². The van der Waals surface area contributed by atoms with Gasteiger partial charge in [-0.2, -0.15) is 10.1 Å². The van der Waals surface area contributed by atoms with Gasteiger partial charge in [0.15, 0.2) is 5.82 Å². The second kappa shape index (κ2) is 8.36. The molecule has 1 amide bonds. The Hall–Kier alpha value is -3.88. The van der Waals surface area contributed by atoms with Gasteiger partial charge in [-0.15, -0.1) is 0 Å². The Labute approximate surface area is 209 Å². The Bertz CT molecular complexity index is 1500. The molecule has 1 saturated carbocycles. The van der Waals surface area contributed by atoms with Crippen molar-refractivity contribution < 1.29 is 4.79 Å². The molecule has 0 aliphatic heterocycles. The van der Waals surface area contributed by atoms with E-state index < -0.39 is 0 Å². The molecule has 3 heterocycles. The van der Waals surface area contributed by atoms with Crippen molar-refractivity contribution in [2.45, 2.75) is 52.2 Å². The second-order valence-electron chi connectivity index (χ2n) is 10.6. The molecular weight excluding hydrogens is 452 g/mol. The number of hydrogen-bond acceptors (Lipinski definition) is 6. The standard InChI is InChI=1S/C27H32N8O/c1-14(2)34-10-9-20-24(34)26(32-23-17-6-5-16(11-17)22(23)25(28)36)33-27(31-20)30-19-8-7-18-13-29-35(15(3)4)21(18)12-19/h5-10,12-17,22-23H,11H2,1-4H3,(H2,28,36)(H2,30,31,32,33)/t16-,17+,22+,23-/m1/s1. The van der Waals surface area contributed by atoms with Crippen molar-refractivity contribution >= 4 is 45.3 Å². The van der Waals surface area contributed by atoms with E-state index in [0.29, 0.717) is 11.8 Å². The molecule has 2 bridgehead atoms. The van der Waals surface area contributed by atoms with Crippen LogP contribution >= 0.6 is 0 Å². The second-order valence-corrected chi connectivity index (χ2v) is 10.6. The Morgan fingerprint density at radius 1 is 1.08 bits per heavy atom. The molecule has 4 atom stereocenters. The molecule has 2 aliphatic rings. The zero-order chi connectivity index (χ0) is 25.1. The average molecular weight is 485 g/mol. The number of nitrogens with one attached hydrogen (secondary N) is 2. The number of nitrogens with zero attached hydrogens (tertiary/aromatic N) is 5. The van der Waals surface area contributed by atoms with E-state index in [-0.39, 0.29) is 41.8 Å². The number of fused-ring (bicyclic) bond motifs is 4. The molecule has 6 rings (SSSR count). The van der Waals surface area contributed by atoms with Gasteiger partial charge in [0, 0.05) is 35.4 Å². The number of benzene rings is 1. The number of carbonyl (C=O) groups excluding carboxylic acids is 1. The Morgan fingerprint density at radius 3 is 2.64 bits per heavy atom. The van der Waals surface area contributed by atoms with Gasteiger partial charge in [-0.05, 0) is 70.2 Å². The number of anilines is 3. The monoisotopic (exact) mass is 484 g/mol. The number of primary amides is 1. The van der Waals surface area contributed by atoms with E-state index in [2.05, 4.69) is 72.3 Å². The van der Waals surface area contributed by atoms with E-state index in [9.17, 15) is 4.79 Å². The van der Waals surface area contributed by atoms with Crippen LogP contribution in [0.5, 0.6) is 0 Å². The van der Waals surface area contributed by atoms with Crippen LogP contribution < -0.4 is 16.4 Å². The highest BCUT2D eigenvalue weighted by molar-refractivity contribution is 5.89. The first kappa shape index (κ1) is 22.6. The molecule has 9 heteroatoms. The summed E-state index contributed by atoms with van der Waals surface area (Å²) in [6, 6.07) is 8.55. The highest BCUT2D eigenvalue weighted by Gasteiger charge is 2.47. The smallest absolute Gasteiger partial charge is 0.229 e. The van der Waals surface area contributed by atoms with Crippen LogP contribution in [0.25, 0.3) is 21.9 Å². The summed E-state index contributed by atoms with van der Waals surface area (Å²) in [6.07, 6.45) is 9.21. The minimum Gasteiger partial charge on any atom is -0.369 e. The van der Waals surface area contributed by atoms with E-state index in [1.54, 1.807) is 0 Å². The van der Waals surface area contributed by atoms with Gasteiger partial charge < -0.3 is 20.9 Å². The maximum atomic E-state index is 12.3. The molecule has 1 fully saturated rings. The number of nitrogens with two attached hydrogens (primary N) is 1. The summed E-state index contributed by atoms with van der Waals surface area (Å²) in [5.41, 5.74) is 9.54. The maximum absolute atomic E-state index is 12.3.